The summed E-state index contributed by atoms with van der Waals surface area (Å²) in [4.78, 5) is 1.86. The molecular weight excluding hydrogens is 243 g/mol. The van der Waals surface area contributed by atoms with Crippen LogP contribution in [0.25, 0.3) is 0 Å². The number of nitrogens with two attached hydrogens (primary N) is 1. The van der Waals surface area contributed by atoms with Gasteiger partial charge in [-0.05, 0) is 32.0 Å². The van der Waals surface area contributed by atoms with Crippen LogP contribution in [-0.2, 0) is 6.18 Å². The number of alkyl halides is 3. The van der Waals surface area contributed by atoms with E-state index in [4.69, 9.17) is 11.1 Å². The molecule has 0 aliphatic rings. The van der Waals surface area contributed by atoms with Crippen molar-refractivity contribution in [3.8, 4) is 0 Å². The van der Waals surface area contributed by atoms with Crippen LogP contribution in [0.2, 0.25) is 0 Å². The van der Waals surface area contributed by atoms with E-state index in [9.17, 15) is 13.2 Å². The number of hydrogen-bond donors (Lipinski definition) is 2. The Hall–Kier alpha value is -1.72. The van der Waals surface area contributed by atoms with Crippen LogP contribution in [0, 0.1) is 5.41 Å². The summed E-state index contributed by atoms with van der Waals surface area (Å²) in [6, 6.07) is 3.31. The zero-order chi connectivity index (χ0) is 13.9. The van der Waals surface area contributed by atoms with Gasteiger partial charge in [-0.15, -0.1) is 0 Å². The molecule has 0 radical (unpaired) electrons. The predicted octanol–water partition coefficient (Wildman–Crippen LogP) is 2.84. The Morgan fingerprint density at radius 3 is 2.22 bits per heavy atom. The second-order valence-electron chi connectivity index (χ2n) is 3.82. The van der Waals surface area contributed by atoms with Crippen LogP contribution in [-0.4, -0.2) is 18.9 Å². The van der Waals surface area contributed by atoms with E-state index in [2.05, 4.69) is 0 Å². The molecule has 0 atom stereocenters. The monoisotopic (exact) mass is 259 g/mol. The average molecular weight is 259 g/mol. The van der Waals surface area contributed by atoms with Gasteiger partial charge in [0.25, 0.3) is 0 Å². The minimum Gasteiger partial charge on any atom is -0.384 e. The Morgan fingerprint density at radius 2 is 1.83 bits per heavy atom. The van der Waals surface area contributed by atoms with Gasteiger partial charge in [0.2, 0.25) is 0 Å². The van der Waals surface area contributed by atoms with Gasteiger partial charge >= 0.3 is 6.18 Å². The number of hydrogen-bond acceptors (Lipinski definition) is 2. The second-order valence-corrected chi connectivity index (χ2v) is 3.82. The standard InChI is InChI=1S/C12H16F3N3/c1-3-18(4-2)10-6-5-8(12(13,14)15)7-9(10)11(16)17/h5-7H,3-4H2,1-2H3,(H3,16,17). The van der Waals surface area contributed by atoms with Crippen molar-refractivity contribution in [3.63, 3.8) is 0 Å². The number of amidine groups is 1. The summed E-state index contributed by atoms with van der Waals surface area (Å²) in [7, 11) is 0. The Bertz CT molecular complexity index is 437. The van der Waals surface area contributed by atoms with E-state index in [1.165, 1.54) is 6.07 Å². The van der Waals surface area contributed by atoms with Crippen molar-refractivity contribution in [1.82, 2.24) is 0 Å². The third-order valence-corrected chi connectivity index (χ3v) is 2.72. The lowest BCUT2D eigenvalue weighted by Crippen LogP contribution is -2.26. The number of anilines is 1. The quantitative estimate of drug-likeness (QED) is 0.645. The maximum absolute atomic E-state index is 12.6. The first-order valence-electron chi connectivity index (χ1n) is 5.61. The van der Waals surface area contributed by atoms with Crippen LogP contribution >= 0.6 is 0 Å². The van der Waals surface area contributed by atoms with E-state index in [1.54, 1.807) is 0 Å². The highest BCUT2D eigenvalue weighted by atomic mass is 19.4. The van der Waals surface area contributed by atoms with Gasteiger partial charge in [0.1, 0.15) is 5.84 Å². The fourth-order valence-corrected chi connectivity index (χ4v) is 1.77. The fraction of sp³-hybridized carbons (Fsp3) is 0.417. The average Bonchev–Trinajstić information content (AvgIpc) is 2.29. The minimum atomic E-state index is -4.42. The normalized spacial score (nSPS) is 11.4. The fourth-order valence-electron chi connectivity index (χ4n) is 1.77. The first kappa shape index (κ1) is 14.3. The molecule has 1 aromatic rings. The summed E-state index contributed by atoms with van der Waals surface area (Å²) in [5, 5.41) is 7.40. The minimum absolute atomic E-state index is 0.119. The first-order chi connectivity index (χ1) is 8.31. The Morgan fingerprint density at radius 1 is 1.28 bits per heavy atom. The van der Waals surface area contributed by atoms with E-state index in [1.807, 2.05) is 18.7 Å². The van der Waals surface area contributed by atoms with Gasteiger partial charge in [-0.3, -0.25) is 5.41 Å². The Kier molecular flexibility index (Phi) is 4.21. The molecule has 0 heterocycles. The number of halogens is 3. The topological polar surface area (TPSA) is 53.1 Å². The largest absolute Gasteiger partial charge is 0.416 e. The molecule has 18 heavy (non-hydrogen) atoms. The molecule has 0 fully saturated rings. The number of nitrogen functional groups attached to an aromatic ring is 1. The van der Waals surface area contributed by atoms with Crippen LogP contribution in [0.4, 0.5) is 18.9 Å². The van der Waals surface area contributed by atoms with Crippen LogP contribution < -0.4 is 10.6 Å². The van der Waals surface area contributed by atoms with E-state index >= 15 is 0 Å². The summed E-state index contributed by atoms with van der Waals surface area (Å²) < 4.78 is 37.8. The number of benzene rings is 1. The molecule has 0 aliphatic heterocycles. The molecule has 3 N–H and O–H groups in total. The number of rotatable bonds is 4. The molecule has 0 saturated carbocycles. The Labute approximate surface area is 104 Å². The molecule has 0 unspecified atom stereocenters. The van der Waals surface area contributed by atoms with Crippen molar-refractivity contribution in [2.24, 2.45) is 5.73 Å². The molecule has 6 heteroatoms. The smallest absolute Gasteiger partial charge is 0.384 e. The van der Waals surface area contributed by atoms with Crippen molar-refractivity contribution in [3.05, 3.63) is 29.3 Å². The summed E-state index contributed by atoms with van der Waals surface area (Å²) in [5.74, 6) is -0.358. The van der Waals surface area contributed by atoms with E-state index < -0.39 is 11.7 Å². The van der Waals surface area contributed by atoms with Gasteiger partial charge in [0.15, 0.2) is 0 Å². The van der Waals surface area contributed by atoms with Crippen LogP contribution in [0.1, 0.15) is 25.0 Å². The molecule has 1 rings (SSSR count). The van der Waals surface area contributed by atoms with Crippen LogP contribution in [0.5, 0.6) is 0 Å². The zero-order valence-corrected chi connectivity index (χ0v) is 10.3. The van der Waals surface area contributed by atoms with Gasteiger partial charge < -0.3 is 10.6 Å². The highest BCUT2D eigenvalue weighted by Gasteiger charge is 2.31. The first-order valence-corrected chi connectivity index (χ1v) is 5.61. The van der Waals surface area contributed by atoms with Gasteiger partial charge in [-0.1, -0.05) is 0 Å². The maximum atomic E-state index is 12.6. The van der Waals surface area contributed by atoms with E-state index in [0.717, 1.165) is 12.1 Å². The number of nitrogens with zero attached hydrogens (tertiary/aromatic N) is 1. The molecule has 0 spiro atoms. The highest BCUT2D eigenvalue weighted by molar-refractivity contribution is 6.00. The van der Waals surface area contributed by atoms with Gasteiger partial charge in [0.05, 0.1) is 5.56 Å². The summed E-state index contributed by atoms with van der Waals surface area (Å²) in [6.07, 6.45) is -4.42. The third-order valence-electron chi connectivity index (χ3n) is 2.72. The molecule has 100 valence electrons. The van der Waals surface area contributed by atoms with Crippen LogP contribution in [0.15, 0.2) is 18.2 Å². The van der Waals surface area contributed by atoms with Gasteiger partial charge in [-0.2, -0.15) is 13.2 Å². The van der Waals surface area contributed by atoms with Crippen LogP contribution in [0.3, 0.4) is 0 Å². The lowest BCUT2D eigenvalue weighted by atomic mass is 10.1. The lowest BCUT2D eigenvalue weighted by Gasteiger charge is -2.24. The third kappa shape index (κ3) is 2.94. The lowest BCUT2D eigenvalue weighted by molar-refractivity contribution is -0.137. The van der Waals surface area contributed by atoms with Gasteiger partial charge in [0, 0.05) is 24.3 Å². The van der Waals surface area contributed by atoms with Crippen molar-refractivity contribution in [2.75, 3.05) is 18.0 Å². The Balaban J connectivity index is 3.33. The summed E-state index contributed by atoms with van der Waals surface area (Å²) in [5.41, 5.74) is 5.25. The predicted molar refractivity (Wildman–Crippen MR) is 66.0 cm³/mol. The maximum Gasteiger partial charge on any atom is 0.416 e. The SMILES string of the molecule is CCN(CC)c1ccc(C(F)(F)F)cc1C(=N)N. The van der Waals surface area contributed by atoms with E-state index in [-0.39, 0.29) is 11.4 Å². The van der Waals surface area contributed by atoms with Gasteiger partial charge in [-0.25, -0.2) is 0 Å². The molecule has 0 saturated heterocycles. The molecule has 0 aromatic heterocycles. The molecular formula is C12H16F3N3. The molecule has 0 bridgehead atoms. The van der Waals surface area contributed by atoms with Crippen molar-refractivity contribution in [1.29, 1.82) is 5.41 Å². The summed E-state index contributed by atoms with van der Waals surface area (Å²) in [6.45, 7) is 5.07. The van der Waals surface area contributed by atoms with Crippen molar-refractivity contribution >= 4 is 11.5 Å². The molecule has 1 aromatic carbocycles. The van der Waals surface area contributed by atoms with Crippen molar-refractivity contribution in [2.45, 2.75) is 20.0 Å². The molecule has 0 aliphatic carbocycles. The zero-order valence-electron chi connectivity index (χ0n) is 10.3. The van der Waals surface area contributed by atoms with Crippen molar-refractivity contribution < 1.29 is 13.2 Å². The number of nitrogens with one attached hydrogen (secondary N) is 1. The molecule has 0 amide bonds. The molecule has 3 nitrogen and oxygen atoms in total. The second kappa shape index (κ2) is 5.29. The summed E-state index contributed by atoms with van der Waals surface area (Å²) >= 11 is 0. The van der Waals surface area contributed by atoms with E-state index in [0.29, 0.717) is 18.8 Å². The highest BCUT2D eigenvalue weighted by Crippen LogP contribution is 2.32.